The maximum atomic E-state index is 4.50. The van der Waals surface area contributed by atoms with Gasteiger partial charge < -0.3 is 5.32 Å². The van der Waals surface area contributed by atoms with Crippen LogP contribution < -0.4 is 5.32 Å². The molecule has 2 N–H and O–H groups in total. The first kappa shape index (κ1) is 18.5. The molecule has 0 aliphatic carbocycles. The first-order valence-corrected chi connectivity index (χ1v) is 10.00. The van der Waals surface area contributed by atoms with Crippen molar-refractivity contribution in [2.75, 3.05) is 5.32 Å². The summed E-state index contributed by atoms with van der Waals surface area (Å²) in [7, 11) is 0. The molecular weight excluding hydrogens is 463 g/mol. The summed E-state index contributed by atoms with van der Waals surface area (Å²) in [5.41, 5.74) is 7.61. The van der Waals surface area contributed by atoms with Crippen LogP contribution in [0.3, 0.4) is 0 Å². The van der Waals surface area contributed by atoms with E-state index in [1.54, 1.807) is 0 Å². The number of aromatic amines is 1. The summed E-state index contributed by atoms with van der Waals surface area (Å²) in [6, 6.07) is 18.7. The Morgan fingerprint density at radius 3 is 2.46 bits per heavy atom. The molecule has 0 bridgehead atoms. The molecule has 0 amide bonds. The third kappa shape index (κ3) is 3.89. The number of hydrogen-bond acceptors (Lipinski definition) is 5. The van der Waals surface area contributed by atoms with Crippen LogP contribution in [0.5, 0.6) is 0 Å². The van der Waals surface area contributed by atoms with Crippen molar-refractivity contribution < 1.29 is 0 Å². The van der Waals surface area contributed by atoms with Crippen molar-refractivity contribution in [3.63, 3.8) is 0 Å². The predicted molar refractivity (Wildman–Crippen MR) is 119 cm³/mol. The van der Waals surface area contributed by atoms with E-state index in [1.807, 2.05) is 32.0 Å². The Balaban J connectivity index is 1.55. The van der Waals surface area contributed by atoms with E-state index in [4.69, 9.17) is 0 Å². The van der Waals surface area contributed by atoms with E-state index in [0.717, 1.165) is 43.9 Å². The molecule has 2 aromatic heterocycles. The first-order valence-electron chi connectivity index (χ1n) is 8.92. The maximum Gasteiger partial charge on any atom is 0.180 e. The van der Waals surface area contributed by atoms with Gasteiger partial charge in [0.1, 0.15) is 0 Å². The minimum Gasteiger partial charge on any atom is -0.380 e. The van der Waals surface area contributed by atoms with E-state index in [1.165, 1.54) is 5.56 Å². The van der Waals surface area contributed by atoms with Crippen molar-refractivity contribution in [3.05, 3.63) is 75.1 Å². The Morgan fingerprint density at radius 1 is 1.00 bits per heavy atom. The molecule has 0 saturated heterocycles. The van der Waals surface area contributed by atoms with Crippen molar-refractivity contribution >= 4 is 28.3 Å². The van der Waals surface area contributed by atoms with Crippen LogP contribution in [0.2, 0.25) is 0 Å². The number of H-pyrrole nitrogens is 1. The smallest absolute Gasteiger partial charge is 0.180 e. The Bertz CT molecular complexity index is 1090. The molecule has 0 radical (unpaired) electrons. The molecule has 140 valence electrons. The molecule has 0 unspecified atom stereocenters. The third-order valence-electron chi connectivity index (χ3n) is 4.53. The van der Waals surface area contributed by atoms with Crippen LogP contribution in [0.1, 0.15) is 17.0 Å². The van der Waals surface area contributed by atoms with Crippen molar-refractivity contribution in [1.82, 2.24) is 25.6 Å². The number of benzene rings is 2. The van der Waals surface area contributed by atoms with E-state index in [0.29, 0.717) is 5.82 Å². The molecule has 2 aromatic carbocycles. The average molecular weight is 482 g/mol. The summed E-state index contributed by atoms with van der Waals surface area (Å²) >= 11 is 2.34. The van der Waals surface area contributed by atoms with Crippen molar-refractivity contribution in [2.45, 2.75) is 20.4 Å². The lowest BCUT2D eigenvalue weighted by Gasteiger charge is -2.12. The number of nitrogens with one attached hydrogen (secondary N) is 2. The van der Waals surface area contributed by atoms with E-state index < -0.39 is 0 Å². The summed E-state index contributed by atoms with van der Waals surface area (Å²) in [4.78, 5) is 4.50. The van der Waals surface area contributed by atoms with E-state index in [9.17, 15) is 0 Å². The van der Waals surface area contributed by atoms with Crippen LogP contribution in [0.25, 0.3) is 22.5 Å². The average Bonchev–Trinajstić information content (AvgIpc) is 3.25. The van der Waals surface area contributed by atoms with Crippen LogP contribution in [0.15, 0.2) is 54.6 Å². The molecule has 2 heterocycles. The molecule has 0 spiro atoms. The molecule has 6 nitrogen and oxygen atoms in total. The molecule has 7 heteroatoms. The van der Waals surface area contributed by atoms with Gasteiger partial charge in [-0.3, -0.25) is 4.98 Å². The van der Waals surface area contributed by atoms with Gasteiger partial charge in [-0.05, 0) is 69.6 Å². The van der Waals surface area contributed by atoms with E-state index in [2.05, 4.69) is 89.9 Å². The zero-order valence-electron chi connectivity index (χ0n) is 15.6. The summed E-state index contributed by atoms with van der Waals surface area (Å²) in [6.07, 6.45) is 0. The van der Waals surface area contributed by atoms with Gasteiger partial charge in [0.05, 0.1) is 15.0 Å². The number of aryl methyl sites for hydroxylation is 2. The molecule has 4 rings (SSSR count). The van der Waals surface area contributed by atoms with Crippen LogP contribution in [-0.4, -0.2) is 25.6 Å². The lowest BCUT2D eigenvalue weighted by atomic mass is 9.98. The number of hydrogen-bond donors (Lipinski definition) is 2. The number of nitrogens with zero attached hydrogens (tertiary/aromatic N) is 4. The number of halogens is 1. The van der Waals surface area contributed by atoms with Gasteiger partial charge in [-0.25, -0.2) is 5.10 Å². The van der Waals surface area contributed by atoms with Crippen LogP contribution in [0, 0.1) is 17.4 Å². The third-order valence-corrected chi connectivity index (χ3v) is 5.89. The Kier molecular flexibility index (Phi) is 5.34. The Hall–Kier alpha value is -2.81. The second-order valence-electron chi connectivity index (χ2n) is 6.56. The fourth-order valence-corrected chi connectivity index (χ4v) is 3.62. The summed E-state index contributed by atoms with van der Waals surface area (Å²) in [5, 5.41) is 17.8. The fraction of sp³-hybridized carbons (Fsp3) is 0.143. The summed E-state index contributed by atoms with van der Waals surface area (Å²) < 4.78 is 1.16. The molecule has 0 aliphatic heterocycles. The highest BCUT2D eigenvalue weighted by Gasteiger charge is 2.10. The van der Waals surface area contributed by atoms with Crippen molar-refractivity contribution in [3.8, 4) is 22.5 Å². The molecule has 0 saturated carbocycles. The van der Waals surface area contributed by atoms with Gasteiger partial charge in [0.15, 0.2) is 5.82 Å². The maximum absolute atomic E-state index is 4.50. The van der Waals surface area contributed by atoms with Gasteiger partial charge in [0.25, 0.3) is 0 Å². The second kappa shape index (κ2) is 8.05. The van der Waals surface area contributed by atoms with Crippen LogP contribution in [-0.2, 0) is 6.54 Å². The topological polar surface area (TPSA) is 79.4 Å². The first-order chi connectivity index (χ1) is 13.6. The number of tetrazole rings is 1. The Morgan fingerprint density at radius 2 is 1.75 bits per heavy atom. The minimum atomic E-state index is 0.666. The van der Waals surface area contributed by atoms with Gasteiger partial charge in [0, 0.05) is 17.8 Å². The number of pyridine rings is 1. The normalized spacial score (nSPS) is 10.8. The zero-order chi connectivity index (χ0) is 19.5. The lowest BCUT2D eigenvalue weighted by molar-refractivity contribution is 0.881. The summed E-state index contributed by atoms with van der Waals surface area (Å²) in [5.74, 6) is 0.666. The van der Waals surface area contributed by atoms with Gasteiger partial charge in [-0.2, -0.15) is 0 Å². The molecule has 0 fully saturated rings. The van der Waals surface area contributed by atoms with Gasteiger partial charge >= 0.3 is 0 Å². The van der Waals surface area contributed by atoms with Gasteiger partial charge in [-0.1, -0.05) is 48.5 Å². The second-order valence-corrected chi connectivity index (χ2v) is 7.64. The van der Waals surface area contributed by atoms with Gasteiger partial charge in [-0.15, -0.1) is 5.10 Å². The van der Waals surface area contributed by atoms with E-state index in [-0.39, 0.29) is 0 Å². The number of rotatable bonds is 5. The highest BCUT2D eigenvalue weighted by Crippen LogP contribution is 2.30. The standard InChI is InChI=1S/C21H19IN6/c1-13-11-19(20(22)14(2)24-13)23-12-15-7-9-16(10-8-15)17-5-3-4-6-18(17)21-25-27-28-26-21/h3-11H,12H2,1-2H3,(H,23,24)(H,25,26,27,28). The molecular formula is C21H19IN6. The lowest BCUT2D eigenvalue weighted by Crippen LogP contribution is -2.04. The zero-order valence-corrected chi connectivity index (χ0v) is 17.7. The molecule has 28 heavy (non-hydrogen) atoms. The molecule has 4 aromatic rings. The van der Waals surface area contributed by atoms with E-state index >= 15 is 0 Å². The summed E-state index contributed by atoms with van der Waals surface area (Å²) in [6.45, 7) is 4.81. The highest BCUT2D eigenvalue weighted by molar-refractivity contribution is 14.1. The highest BCUT2D eigenvalue weighted by atomic mass is 127. The van der Waals surface area contributed by atoms with Crippen molar-refractivity contribution in [1.29, 1.82) is 0 Å². The molecule has 0 atom stereocenters. The largest absolute Gasteiger partial charge is 0.380 e. The Labute approximate surface area is 177 Å². The molecule has 0 aliphatic rings. The minimum absolute atomic E-state index is 0.666. The van der Waals surface area contributed by atoms with Gasteiger partial charge in [0.2, 0.25) is 0 Å². The predicted octanol–water partition coefficient (Wildman–Crippen LogP) is 4.76. The fourth-order valence-electron chi connectivity index (χ4n) is 3.16. The van der Waals surface area contributed by atoms with Crippen LogP contribution in [0.4, 0.5) is 5.69 Å². The van der Waals surface area contributed by atoms with Crippen molar-refractivity contribution in [2.24, 2.45) is 0 Å². The van der Waals surface area contributed by atoms with Crippen LogP contribution >= 0.6 is 22.6 Å². The number of anilines is 1. The SMILES string of the molecule is Cc1cc(NCc2ccc(-c3ccccc3-c3nnn[nH]3)cc2)c(I)c(C)n1. The quantitative estimate of drug-likeness (QED) is 0.401. The monoisotopic (exact) mass is 482 g/mol. The number of aromatic nitrogens is 5.